The fourth-order valence-electron chi connectivity index (χ4n) is 3.69. The molecule has 0 unspecified atom stereocenters. The van der Waals surface area contributed by atoms with Crippen molar-refractivity contribution in [2.24, 2.45) is 0 Å². The predicted molar refractivity (Wildman–Crippen MR) is 119 cm³/mol. The molecule has 6 heteroatoms. The Morgan fingerprint density at radius 1 is 1.10 bits per heavy atom. The summed E-state index contributed by atoms with van der Waals surface area (Å²) in [6, 6.07) is 16.1. The molecule has 0 radical (unpaired) electrons. The van der Waals surface area contributed by atoms with Crippen LogP contribution in [-0.4, -0.2) is 30.8 Å². The van der Waals surface area contributed by atoms with Crippen LogP contribution < -0.4 is 0 Å². The van der Waals surface area contributed by atoms with Crippen molar-refractivity contribution in [1.29, 1.82) is 0 Å². The molecule has 148 valence electrons. The highest BCUT2D eigenvalue weighted by Gasteiger charge is 2.25. The lowest BCUT2D eigenvalue weighted by atomic mass is 10.1. The smallest absolute Gasteiger partial charge is 0.192 e. The molecule has 2 aromatic heterocycles. The molecule has 0 saturated heterocycles. The zero-order valence-corrected chi connectivity index (χ0v) is 17.9. The number of H-pyrrole nitrogens is 1. The van der Waals surface area contributed by atoms with Crippen LogP contribution in [0.25, 0.3) is 22.3 Å². The molecule has 0 fully saturated rings. The minimum Gasteiger partial charge on any atom is -0.358 e. The second kappa shape index (κ2) is 7.87. The molecule has 4 aromatic rings. The highest BCUT2D eigenvalue weighted by molar-refractivity contribution is 8.00. The number of Topliss-reactive ketones (excluding diaryl/α,β-unsaturated/α-hetero) is 1. The molecule has 2 aromatic carbocycles. The van der Waals surface area contributed by atoms with Crippen molar-refractivity contribution in [3.8, 4) is 11.4 Å². The maximum Gasteiger partial charge on any atom is 0.192 e. The summed E-state index contributed by atoms with van der Waals surface area (Å²) in [7, 11) is 0. The number of nitrogens with one attached hydrogen (secondary N) is 1. The van der Waals surface area contributed by atoms with Crippen molar-refractivity contribution in [3.63, 3.8) is 0 Å². The summed E-state index contributed by atoms with van der Waals surface area (Å²) in [6.07, 6.45) is 0. The van der Waals surface area contributed by atoms with E-state index < -0.39 is 0 Å². The third kappa shape index (κ3) is 3.49. The van der Waals surface area contributed by atoms with Crippen LogP contribution >= 0.6 is 11.8 Å². The first-order chi connectivity index (χ1) is 14.0. The van der Waals surface area contributed by atoms with E-state index >= 15 is 0 Å². The fourth-order valence-corrected chi connectivity index (χ4v) is 4.66. The molecular weight excluding hydrogens is 380 g/mol. The summed E-state index contributed by atoms with van der Waals surface area (Å²) in [5.41, 5.74) is 4.89. The molecule has 29 heavy (non-hydrogen) atoms. The Kier molecular flexibility index (Phi) is 5.28. The zero-order chi connectivity index (χ0) is 20.5. The third-order valence-corrected chi connectivity index (χ3v) is 6.29. The highest BCUT2D eigenvalue weighted by atomic mass is 32.2. The van der Waals surface area contributed by atoms with E-state index in [0.29, 0.717) is 0 Å². The van der Waals surface area contributed by atoms with Gasteiger partial charge in [-0.3, -0.25) is 4.79 Å². The van der Waals surface area contributed by atoms with E-state index in [1.165, 1.54) is 11.8 Å². The van der Waals surface area contributed by atoms with E-state index in [1.807, 2.05) is 50.2 Å². The van der Waals surface area contributed by atoms with Gasteiger partial charge in [-0.1, -0.05) is 54.2 Å². The van der Waals surface area contributed by atoms with Gasteiger partial charge in [-0.05, 0) is 39.3 Å². The number of aromatic amines is 1. The molecule has 1 N–H and O–H groups in total. The first-order valence-corrected chi connectivity index (χ1v) is 10.7. The standard InChI is InChI=1S/C23H24N4OS/c1-5-27-22(17-11-7-6-10-14(17)2)25-26-23(27)29-16(4)21(28)20-15(3)24-19-13-9-8-12-18(19)20/h6-13,16,24H,5H2,1-4H3/t16-/m1/s1. The van der Waals surface area contributed by atoms with Crippen molar-refractivity contribution >= 4 is 28.4 Å². The number of rotatable bonds is 6. The SMILES string of the molecule is CCn1c(S[C@H](C)C(=O)c2c(C)[nH]c3ccccc23)nnc1-c1ccccc1C. The van der Waals surface area contributed by atoms with Crippen molar-refractivity contribution in [3.05, 3.63) is 65.4 Å². The van der Waals surface area contributed by atoms with Gasteiger partial charge in [0.05, 0.1) is 5.25 Å². The lowest BCUT2D eigenvalue weighted by Crippen LogP contribution is -2.15. The minimum atomic E-state index is -0.271. The topological polar surface area (TPSA) is 63.6 Å². The van der Waals surface area contributed by atoms with Gasteiger partial charge in [0, 0.05) is 34.3 Å². The van der Waals surface area contributed by atoms with Gasteiger partial charge < -0.3 is 9.55 Å². The fraction of sp³-hybridized carbons (Fsp3) is 0.261. The number of fused-ring (bicyclic) bond motifs is 1. The molecule has 0 amide bonds. The van der Waals surface area contributed by atoms with Gasteiger partial charge in [0.2, 0.25) is 0 Å². The van der Waals surface area contributed by atoms with E-state index in [1.54, 1.807) is 0 Å². The van der Waals surface area contributed by atoms with Gasteiger partial charge in [-0.15, -0.1) is 10.2 Å². The van der Waals surface area contributed by atoms with E-state index in [4.69, 9.17) is 0 Å². The van der Waals surface area contributed by atoms with Crippen molar-refractivity contribution in [2.75, 3.05) is 0 Å². The van der Waals surface area contributed by atoms with Crippen molar-refractivity contribution in [1.82, 2.24) is 19.7 Å². The zero-order valence-electron chi connectivity index (χ0n) is 17.1. The van der Waals surface area contributed by atoms with Gasteiger partial charge in [-0.25, -0.2) is 0 Å². The number of benzene rings is 2. The second-order valence-electron chi connectivity index (χ2n) is 7.16. The summed E-state index contributed by atoms with van der Waals surface area (Å²) in [4.78, 5) is 16.6. The molecule has 0 saturated carbocycles. The van der Waals surface area contributed by atoms with Crippen molar-refractivity contribution in [2.45, 2.75) is 44.6 Å². The number of hydrogen-bond acceptors (Lipinski definition) is 4. The number of para-hydroxylation sites is 1. The monoisotopic (exact) mass is 404 g/mol. The third-order valence-electron chi connectivity index (χ3n) is 5.21. The largest absolute Gasteiger partial charge is 0.358 e. The van der Waals surface area contributed by atoms with Gasteiger partial charge in [0.15, 0.2) is 16.8 Å². The Balaban J connectivity index is 1.65. The number of carbonyl (C=O) groups excluding carboxylic acids is 1. The van der Waals surface area contributed by atoms with Crippen LogP contribution in [0.2, 0.25) is 0 Å². The number of aromatic nitrogens is 4. The van der Waals surface area contributed by atoms with Crippen LogP contribution in [0.3, 0.4) is 0 Å². The number of carbonyl (C=O) groups is 1. The van der Waals surface area contributed by atoms with Gasteiger partial charge >= 0.3 is 0 Å². The van der Waals surface area contributed by atoms with E-state index in [-0.39, 0.29) is 11.0 Å². The summed E-state index contributed by atoms with van der Waals surface area (Å²) in [5, 5.41) is 10.3. The van der Waals surface area contributed by atoms with Gasteiger partial charge in [-0.2, -0.15) is 0 Å². The normalized spacial score (nSPS) is 12.4. The molecular formula is C23H24N4OS. The Hall–Kier alpha value is -2.86. The molecule has 0 aliphatic heterocycles. The summed E-state index contributed by atoms with van der Waals surface area (Å²) < 4.78 is 2.08. The minimum absolute atomic E-state index is 0.105. The van der Waals surface area contributed by atoms with Crippen LogP contribution in [0, 0.1) is 13.8 Å². The Bertz CT molecular complexity index is 1190. The first kappa shape index (κ1) is 19.5. The molecule has 2 heterocycles. The number of ketones is 1. The van der Waals surface area contributed by atoms with E-state index in [2.05, 4.69) is 45.7 Å². The second-order valence-corrected chi connectivity index (χ2v) is 8.47. The van der Waals surface area contributed by atoms with Gasteiger partial charge in [0.25, 0.3) is 0 Å². The maximum absolute atomic E-state index is 13.3. The number of nitrogens with zero attached hydrogens (tertiary/aromatic N) is 3. The number of thioether (sulfide) groups is 1. The molecule has 0 aliphatic carbocycles. The van der Waals surface area contributed by atoms with Crippen LogP contribution in [0.1, 0.15) is 35.5 Å². The quantitative estimate of drug-likeness (QED) is 0.344. The average Bonchev–Trinajstić information content (AvgIpc) is 3.27. The lowest BCUT2D eigenvalue weighted by molar-refractivity contribution is 0.0995. The van der Waals surface area contributed by atoms with Crippen molar-refractivity contribution < 1.29 is 4.79 Å². The molecule has 5 nitrogen and oxygen atoms in total. The van der Waals surface area contributed by atoms with E-state index in [9.17, 15) is 4.79 Å². The molecule has 0 spiro atoms. The molecule has 4 rings (SSSR count). The molecule has 1 atom stereocenters. The number of hydrogen-bond donors (Lipinski definition) is 1. The summed E-state index contributed by atoms with van der Waals surface area (Å²) in [6.45, 7) is 8.78. The highest BCUT2D eigenvalue weighted by Crippen LogP contribution is 2.31. The molecule has 0 aliphatic rings. The maximum atomic E-state index is 13.3. The van der Waals surface area contributed by atoms with Crippen LogP contribution in [-0.2, 0) is 6.54 Å². The van der Waals surface area contributed by atoms with Gasteiger partial charge in [0.1, 0.15) is 0 Å². The van der Waals surface area contributed by atoms with Crippen LogP contribution in [0.15, 0.2) is 53.7 Å². The van der Waals surface area contributed by atoms with Crippen LogP contribution in [0.5, 0.6) is 0 Å². The molecule has 0 bridgehead atoms. The number of aryl methyl sites for hydroxylation is 2. The average molecular weight is 405 g/mol. The Labute approximate surface area is 174 Å². The van der Waals surface area contributed by atoms with Crippen LogP contribution in [0.4, 0.5) is 0 Å². The first-order valence-electron chi connectivity index (χ1n) is 9.78. The Morgan fingerprint density at radius 2 is 1.83 bits per heavy atom. The summed E-state index contributed by atoms with van der Waals surface area (Å²) >= 11 is 1.47. The Morgan fingerprint density at radius 3 is 2.59 bits per heavy atom. The predicted octanol–water partition coefficient (Wildman–Crippen LogP) is 5.43. The van der Waals surface area contributed by atoms with E-state index in [0.717, 1.165) is 50.8 Å². The summed E-state index contributed by atoms with van der Waals surface area (Å²) in [5.74, 6) is 0.948. The lowest BCUT2D eigenvalue weighted by Gasteiger charge is -2.12.